The lowest BCUT2D eigenvalue weighted by Crippen LogP contribution is -2.08. The lowest BCUT2D eigenvalue weighted by atomic mass is 10.2. The van der Waals surface area contributed by atoms with Crippen LogP contribution in [-0.2, 0) is 17.8 Å². The zero-order chi connectivity index (χ0) is 6.97. The first-order chi connectivity index (χ1) is 4.88. The smallest absolute Gasteiger partial charge is 0.207 e. The monoisotopic (exact) mass is 203 g/mol. The average Bonchev–Trinajstić information content (AvgIpc) is 2.34. The van der Waals surface area contributed by atoms with Crippen molar-refractivity contribution in [2.45, 2.75) is 13.0 Å². The molecule has 3 nitrogen and oxygen atoms in total. The number of hydrogen-bond acceptors (Lipinski definition) is 3. The summed E-state index contributed by atoms with van der Waals surface area (Å²) in [5.74, 6) is 0. The second-order valence-corrected chi connectivity index (χ2v) is 2.90. The number of halogens is 1. The molecule has 1 aromatic rings. The highest BCUT2D eigenvalue weighted by molar-refractivity contribution is 9.10. The molecule has 2 rings (SSSR count). The Morgan fingerprint density at radius 2 is 2.40 bits per heavy atom. The van der Waals surface area contributed by atoms with E-state index in [1.54, 1.807) is 0 Å². The number of rotatable bonds is 0. The molecule has 54 valence electrons. The van der Waals surface area contributed by atoms with Crippen molar-refractivity contribution in [1.29, 1.82) is 0 Å². The van der Waals surface area contributed by atoms with Gasteiger partial charge < -0.3 is 9.26 Å². The van der Waals surface area contributed by atoms with Crippen molar-refractivity contribution in [3.63, 3.8) is 0 Å². The predicted octanol–water partition coefficient (Wildman–Crippen LogP) is 1.51. The molecule has 0 radical (unpaired) electrons. The van der Waals surface area contributed by atoms with Crippen LogP contribution in [0, 0.1) is 0 Å². The molecule has 0 fully saturated rings. The molecule has 0 atom stereocenters. The van der Waals surface area contributed by atoms with Crippen LogP contribution >= 0.6 is 15.9 Å². The number of fused-ring (bicyclic) bond motifs is 1. The van der Waals surface area contributed by atoms with E-state index in [1.807, 2.05) is 0 Å². The van der Waals surface area contributed by atoms with E-state index < -0.39 is 0 Å². The highest BCUT2D eigenvalue weighted by Crippen LogP contribution is 2.24. The molecule has 0 aliphatic carbocycles. The summed E-state index contributed by atoms with van der Waals surface area (Å²) in [6.45, 7) is 1.38. The second-order valence-electron chi connectivity index (χ2n) is 2.18. The summed E-state index contributed by atoms with van der Waals surface area (Å²) in [5.41, 5.74) is 2.09. The molecule has 0 saturated carbocycles. The van der Waals surface area contributed by atoms with Crippen molar-refractivity contribution < 1.29 is 9.26 Å². The summed E-state index contributed by atoms with van der Waals surface area (Å²) < 4.78 is 10.8. The van der Waals surface area contributed by atoms with Gasteiger partial charge in [-0.3, -0.25) is 0 Å². The zero-order valence-electron chi connectivity index (χ0n) is 5.26. The molecule has 0 spiro atoms. The minimum Gasteiger partial charge on any atom is -0.376 e. The van der Waals surface area contributed by atoms with Gasteiger partial charge in [0.15, 0.2) is 0 Å². The fraction of sp³-hybridized carbons (Fsp3) is 0.500. The maximum atomic E-state index is 5.21. The van der Waals surface area contributed by atoms with Crippen molar-refractivity contribution in [2.24, 2.45) is 0 Å². The van der Waals surface area contributed by atoms with Crippen LogP contribution in [0.1, 0.15) is 11.3 Å². The highest BCUT2D eigenvalue weighted by atomic mass is 79.9. The van der Waals surface area contributed by atoms with Gasteiger partial charge in [-0.2, -0.15) is 0 Å². The van der Waals surface area contributed by atoms with E-state index in [1.165, 1.54) is 0 Å². The van der Waals surface area contributed by atoms with Crippen LogP contribution < -0.4 is 0 Å². The molecule has 1 aromatic heterocycles. The predicted molar refractivity (Wildman–Crippen MR) is 37.6 cm³/mol. The van der Waals surface area contributed by atoms with Gasteiger partial charge in [0.25, 0.3) is 0 Å². The number of nitrogens with zero attached hydrogens (tertiary/aromatic N) is 1. The fourth-order valence-electron chi connectivity index (χ4n) is 0.998. The van der Waals surface area contributed by atoms with Crippen LogP contribution in [0.25, 0.3) is 0 Å². The first-order valence-corrected chi connectivity index (χ1v) is 3.88. The van der Waals surface area contributed by atoms with Gasteiger partial charge in [0.1, 0.15) is 0 Å². The second kappa shape index (κ2) is 2.36. The molecule has 0 bridgehead atoms. The SMILES string of the molecule is Brc1onc2c1COCC2. The van der Waals surface area contributed by atoms with Crippen molar-refractivity contribution in [3.8, 4) is 0 Å². The van der Waals surface area contributed by atoms with Crippen LogP contribution in [0.5, 0.6) is 0 Å². The number of ether oxygens (including phenoxy) is 1. The first-order valence-electron chi connectivity index (χ1n) is 3.08. The molecule has 0 N–H and O–H groups in total. The molecule has 4 heteroatoms. The van der Waals surface area contributed by atoms with E-state index in [9.17, 15) is 0 Å². The summed E-state index contributed by atoms with van der Waals surface area (Å²) >= 11 is 3.24. The van der Waals surface area contributed by atoms with Gasteiger partial charge in [-0.1, -0.05) is 5.16 Å². The zero-order valence-corrected chi connectivity index (χ0v) is 6.85. The molecule has 0 saturated heterocycles. The van der Waals surface area contributed by atoms with E-state index >= 15 is 0 Å². The number of aromatic nitrogens is 1. The van der Waals surface area contributed by atoms with E-state index in [0.29, 0.717) is 11.3 Å². The van der Waals surface area contributed by atoms with Crippen molar-refractivity contribution >= 4 is 15.9 Å². The largest absolute Gasteiger partial charge is 0.376 e. The maximum Gasteiger partial charge on any atom is 0.207 e. The molecule has 1 aliphatic heterocycles. The lowest BCUT2D eigenvalue weighted by molar-refractivity contribution is 0.110. The van der Waals surface area contributed by atoms with E-state index in [-0.39, 0.29) is 0 Å². The maximum absolute atomic E-state index is 5.21. The topological polar surface area (TPSA) is 35.3 Å². The van der Waals surface area contributed by atoms with Gasteiger partial charge in [-0.05, 0) is 15.9 Å². The van der Waals surface area contributed by atoms with Gasteiger partial charge in [0, 0.05) is 6.42 Å². The molecule has 0 unspecified atom stereocenters. The summed E-state index contributed by atoms with van der Waals surface area (Å²) in [6.07, 6.45) is 0.866. The summed E-state index contributed by atoms with van der Waals surface area (Å²) in [7, 11) is 0. The standard InChI is InChI=1S/C6H6BrNO2/c7-6-4-3-9-2-1-5(4)8-10-6/h1-3H2. The third kappa shape index (κ3) is 0.876. The average molecular weight is 204 g/mol. The summed E-state index contributed by atoms with van der Waals surface area (Å²) in [5, 5.41) is 3.85. The van der Waals surface area contributed by atoms with E-state index in [2.05, 4.69) is 21.1 Å². The van der Waals surface area contributed by atoms with Gasteiger partial charge >= 0.3 is 0 Å². The Morgan fingerprint density at radius 3 is 3.20 bits per heavy atom. The normalized spacial score (nSPS) is 16.9. The summed E-state index contributed by atoms with van der Waals surface area (Å²) in [4.78, 5) is 0. The Kier molecular flexibility index (Phi) is 1.50. The molecule has 0 amide bonds. The quantitative estimate of drug-likeness (QED) is 0.642. The van der Waals surface area contributed by atoms with Crippen LogP contribution in [0.2, 0.25) is 0 Å². The van der Waals surface area contributed by atoms with E-state index in [4.69, 9.17) is 9.26 Å². The van der Waals surface area contributed by atoms with Gasteiger partial charge in [0.05, 0.1) is 24.5 Å². The first kappa shape index (κ1) is 6.37. The molecule has 0 aromatic carbocycles. The Balaban J connectivity index is 2.45. The Morgan fingerprint density at radius 1 is 1.50 bits per heavy atom. The third-order valence-corrected chi connectivity index (χ3v) is 2.17. The fourth-order valence-corrected chi connectivity index (χ4v) is 1.41. The minimum absolute atomic E-state index is 0.624. The molecular formula is C6H6BrNO2. The molecule has 1 aliphatic rings. The van der Waals surface area contributed by atoms with Crippen molar-refractivity contribution in [2.75, 3.05) is 6.61 Å². The van der Waals surface area contributed by atoms with Crippen LogP contribution in [0.15, 0.2) is 9.19 Å². The van der Waals surface area contributed by atoms with Crippen LogP contribution in [-0.4, -0.2) is 11.8 Å². The van der Waals surface area contributed by atoms with Gasteiger partial charge in [-0.15, -0.1) is 0 Å². The van der Waals surface area contributed by atoms with Crippen molar-refractivity contribution in [3.05, 3.63) is 15.9 Å². The minimum atomic E-state index is 0.624. The highest BCUT2D eigenvalue weighted by Gasteiger charge is 2.17. The van der Waals surface area contributed by atoms with E-state index in [0.717, 1.165) is 24.3 Å². The molecular weight excluding hydrogens is 198 g/mol. The van der Waals surface area contributed by atoms with Gasteiger partial charge in [0.2, 0.25) is 4.67 Å². The Labute approximate surface area is 66.5 Å². The van der Waals surface area contributed by atoms with Crippen LogP contribution in [0.4, 0.5) is 0 Å². The number of hydrogen-bond donors (Lipinski definition) is 0. The lowest BCUT2D eigenvalue weighted by Gasteiger charge is -2.08. The van der Waals surface area contributed by atoms with Crippen molar-refractivity contribution in [1.82, 2.24) is 5.16 Å². The Bertz CT molecular complexity index is 246. The molecule has 2 heterocycles. The molecule has 10 heavy (non-hydrogen) atoms. The third-order valence-electron chi connectivity index (χ3n) is 1.55. The summed E-state index contributed by atoms with van der Waals surface area (Å²) in [6, 6.07) is 0. The van der Waals surface area contributed by atoms with Crippen LogP contribution in [0.3, 0.4) is 0 Å². The van der Waals surface area contributed by atoms with Gasteiger partial charge in [-0.25, -0.2) is 0 Å². The Hall–Kier alpha value is -0.350.